The summed E-state index contributed by atoms with van der Waals surface area (Å²) in [6, 6.07) is 13.0. The predicted octanol–water partition coefficient (Wildman–Crippen LogP) is 11.3. The van der Waals surface area contributed by atoms with E-state index in [0.717, 1.165) is 29.8 Å². The Balaban J connectivity index is -0.000000658. The van der Waals surface area contributed by atoms with Crippen LogP contribution in [0, 0.1) is 17.6 Å². The van der Waals surface area contributed by atoms with Gasteiger partial charge in [-0.1, -0.05) is 75.1 Å². The van der Waals surface area contributed by atoms with Gasteiger partial charge in [-0.25, -0.2) is 8.78 Å². The van der Waals surface area contributed by atoms with Crippen molar-refractivity contribution >= 4 is 5.69 Å². The monoisotopic (exact) mass is 585 g/mol. The van der Waals surface area contributed by atoms with E-state index in [1.807, 2.05) is 53.7 Å². The number of nitrogens with zero attached hydrogens (tertiary/aromatic N) is 1. The van der Waals surface area contributed by atoms with Crippen molar-refractivity contribution in [3.8, 4) is 0 Å². The third-order valence-corrected chi connectivity index (χ3v) is 5.93. The highest BCUT2D eigenvalue weighted by atomic mass is 19.1. The molecule has 3 atom stereocenters. The lowest BCUT2D eigenvalue weighted by atomic mass is 9.84. The van der Waals surface area contributed by atoms with Gasteiger partial charge in [-0.3, -0.25) is 0 Å². The first-order valence-electron chi connectivity index (χ1n) is 14.6. The van der Waals surface area contributed by atoms with Crippen LogP contribution in [0.5, 0.6) is 0 Å². The summed E-state index contributed by atoms with van der Waals surface area (Å²) in [7, 11) is 0. The summed E-state index contributed by atoms with van der Waals surface area (Å²) >= 11 is 0. The van der Waals surface area contributed by atoms with Gasteiger partial charge < -0.3 is 15.1 Å². The SMILES string of the molecule is C/C=C(\C)O.C/C=C\C.C=CC.C=CC(=C)C.CC.CC1C(CCC(O)c2ccc(F)cc2)CN1c1ccc(F)cc1. The average molecular weight is 586 g/mol. The Morgan fingerprint density at radius 3 is 1.62 bits per heavy atom. The standard InChI is InChI=1S/C19H21F2NO.C5H8.C4H8O.C4H8.C3H6.C2H6/c1-13-15(12-22(13)18-9-7-17(21)8-10-18)4-11-19(23)14-2-5-16(20)6-3-14;1-4-5(2)3;1-3-4(2)5;1-3-4-2;1-3-2;1-2/h2-3,5-10,13,15,19,23H,4,11-12H2,1H3;4H,1-2H2,3H3;3,5H,1-2H3;3-4H,1-2H3;3H,1H2,2H3;1-2H3/b;;4-3+;4-3-;;. The molecule has 42 heavy (non-hydrogen) atoms. The van der Waals surface area contributed by atoms with E-state index in [1.165, 1.54) is 24.3 Å². The van der Waals surface area contributed by atoms with E-state index in [4.69, 9.17) is 5.11 Å². The van der Waals surface area contributed by atoms with Crippen molar-refractivity contribution in [3.63, 3.8) is 0 Å². The van der Waals surface area contributed by atoms with Crippen molar-refractivity contribution in [2.24, 2.45) is 5.92 Å². The second-order valence-corrected chi connectivity index (χ2v) is 9.33. The summed E-state index contributed by atoms with van der Waals surface area (Å²) in [6.07, 6.45) is 10.1. The van der Waals surface area contributed by atoms with Gasteiger partial charge in [0.1, 0.15) is 11.6 Å². The molecular formula is C37H57F2NO2. The van der Waals surface area contributed by atoms with Gasteiger partial charge >= 0.3 is 0 Å². The summed E-state index contributed by atoms with van der Waals surface area (Å²) in [5.74, 6) is 0.379. The minimum absolute atomic E-state index is 0.221. The van der Waals surface area contributed by atoms with Crippen LogP contribution < -0.4 is 4.90 Å². The second kappa shape index (κ2) is 27.7. The molecule has 0 amide bonds. The molecule has 1 fully saturated rings. The van der Waals surface area contributed by atoms with Gasteiger partial charge in [-0.2, -0.15) is 0 Å². The average Bonchev–Trinajstić information content (AvgIpc) is 2.99. The zero-order valence-corrected chi connectivity index (χ0v) is 27.6. The molecule has 0 aromatic heterocycles. The Kier molecular flexibility index (Phi) is 28.4. The molecule has 1 heterocycles. The molecule has 236 valence electrons. The molecule has 5 heteroatoms. The number of halogens is 2. The summed E-state index contributed by atoms with van der Waals surface area (Å²) in [4.78, 5) is 2.24. The molecule has 3 unspecified atom stereocenters. The van der Waals surface area contributed by atoms with Crippen LogP contribution >= 0.6 is 0 Å². The smallest absolute Gasteiger partial charge is 0.123 e. The maximum absolute atomic E-state index is 13.0. The van der Waals surface area contributed by atoms with Crippen molar-refractivity contribution in [2.45, 2.75) is 87.3 Å². The first kappa shape index (κ1) is 43.0. The number of hydrogen-bond acceptors (Lipinski definition) is 3. The van der Waals surface area contributed by atoms with Crippen LogP contribution in [-0.4, -0.2) is 22.8 Å². The molecule has 3 nitrogen and oxygen atoms in total. The molecule has 0 bridgehead atoms. The number of anilines is 1. The van der Waals surface area contributed by atoms with Crippen LogP contribution in [0.3, 0.4) is 0 Å². The summed E-state index contributed by atoms with van der Waals surface area (Å²) in [6.45, 7) is 28.7. The van der Waals surface area contributed by atoms with Gasteiger partial charge in [0.2, 0.25) is 0 Å². The number of benzene rings is 2. The van der Waals surface area contributed by atoms with Crippen LogP contribution in [0.1, 0.15) is 86.8 Å². The zero-order chi connectivity index (χ0) is 33.1. The normalized spacial score (nSPS) is 15.5. The molecule has 0 spiro atoms. The van der Waals surface area contributed by atoms with Crippen molar-refractivity contribution in [3.05, 3.63) is 127 Å². The van der Waals surface area contributed by atoms with Crippen LogP contribution in [-0.2, 0) is 0 Å². The number of aliphatic hydroxyl groups is 2. The predicted molar refractivity (Wildman–Crippen MR) is 182 cm³/mol. The van der Waals surface area contributed by atoms with Gasteiger partial charge in [0.05, 0.1) is 11.9 Å². The summed E-state index contributed by atoms with van der Waals surface area (Å²) in [5, 5.41) is 18.4. The third-order valence-electron chi connectivity index (χ3n) is 5.93. The molecule has 1 saturated heterocycles. The van der Waals surface area contributed by atoms with Crippen LogP contribution in [0.15, 0.2) is 110 Å². The molecule has 0 radical (unpaired) electrons. The number of rotatable bonds is 6. The Labute approximate surface area is 256 Å². The van der Waals surface area contributed by atoms with Crippen molar-refractivity contribution in [1.29, 1.82) is 0 Å². The largest absolute Gasteiger partial charge is 0.513 e. The molecule has 0 aliphatic carbocycles. The molecule has 1 aliphatic rings. The van der Waals surface area contributed by atoms with Gasteiger partial charge in [0, 0.05) is 18.3 Å². The van der Waals surface area contributed by atoms with Gasteiger partial charge in [-0.05, 0) is 109 Å². The molecule has 2 aromatic rings. The fraction of sp³-hybridized carbons (Fsp3) is 0.405. The van der Waals surface area contributed by atoms with E-state index in [2.05, 4.69) is 31.6 Å². The Bertz CT molecular complexity index is 1000. The first-order valence-corrected chi connectivity index (χ1v) is 14.6. The number of aliphatic hydroxyl groups excluding tert-OH is 2. The maximum Gasteiger partial charge on any atom is 0.123 e. The zero-order valence-electron chi connectivity index (χ0n) is 27.6. The van der Waals surface area contributed by atoms with Crippen LogP contribution in [0.25, 0.3) is 0 Å². The topological polar surface area (TPSA) is 43.7 Å². The quantitative estimate of drug-likeness (QED) is 0.201. The molecule has 2 aromatic carbocycles. The Morgan fingerprint density at radius 2 is 1.31 bits per heavy atom. The highest BCUT2D eigenvalue weighted by Crippen LogP contribution is 2.35. The van der Waals surface area contributed by atoms with Crippen molar-refractivity contribution in [2.75, 3.05) is 11.4 Å². The minimum atomic E-state index is -0.553. The summed E-state index contributed by atoms with van der Waals surface area (Å²) < 4.78 is 25.9. The highest BCUT2D eigenvalue weighted by molar-refractivity contribution is 5.50. The van der Waals surface area contributed by atoms with E-state index >= 15 is 0 Å². The Morgan fingerprint density at radius 1 is 0.929 bits per heavy atom. The maximum atomic E-state index is 13.0. The molecule has 1 aliphatic heterocycles. The van der Waals surface area contributed by atoms with E-state index in [1.54, 1.807) is 56.3 Å². The number of hydrogen-bond donors (Lipinski definition) is 2. The lowest BCUT2D eigenvalue weighted by molar-refractivity contribution is 0.146. The van der Waals surface area contributed by atoms with Gasteiger partial charge in [-0.15, -0.1) is 6.58 Å². The summed E-state index contributed by atoms with van der Waals surface area (Å²) in [5.41, 5.74) is 2.81. The van der Waals surface area contributed by atoms with E-state index in [9.17, 15) is 13.9 Å². The fourth-order valence-corrected chi connectivity index (χ4v) is 3.22. The van der Waals surface area contributed by atoms with Crippen molar-refractivity contribution < 1.29 is 19.0 Å². The molecule has 2 N–H and O–H groups in total. The van der Waals surface area contributed by atoms with E-state index in [0.29, 0.717) is 24.1 Å². The van der Waals surface area contributed by atoms with Crippen LogP contribution in [0.2, 0.25) is 0 Å². The van der Waals surface area contributed by atoms with Crippen molar-refractivity contribution in [1.82, 2.24) is 0 Å². The molecule has 0 saturated carbocycles. The highest BCUT2D eigenvalue weighted by Gasteiger charge is 2.35. The molecule has 3 rings (SSSR count). The van der Waals surface area contributed by atoms with Gasteiger partial charge in [0.15, 0.2) is 0 Å². The van der Waals surface area contributed by atoms with E-state index in [-0.39, 0.29) is 11.6 Å². The Hall–Kier alpha value is -3.44. The lowest BCUT2D eigenvalue weighted by Crippen LogP contribution is -2.54. The molecular weight excluding hydrogens is 528 g/mol. The van der Waals surface area contributed by atoms with Gasteiger partial charge in [0.25, 0.3) is 0 Å². The number of allylic oxidation sites excluding steroid dienone is 7. The minimum Gasteiger partial charge on any atom is -0.513 e. The van der Waals surface area contributed by atoms with E-state index < -0.39 is 6.10 Å². The lowest BCUT2D eigenvalue weighted by Gasteiger charge is -2.48. The third kappa shape index (κ3) is 21.3. The fourth-order valence-electron chi connectivity index (χ4n) is 3.22. The first-order chi connectivity index (χ1) is 19.9. The second-order valence-electron chi connectivity index (χ2n) is 9.33. The van der Waals surface area contributed by atoms with Crippen LogP contribution in [0.4, 0.5) is 14.5 Å².